The van der Waals surface area contributed by atoms with Gasteiger partial charge in [0.05, 0.1) is 28.2 Å². The van der Waals surface area contributed by atoms with Crippen molar-refractivity contribution in [1.29, 1.82) is 0 Å². The van der Waals surface area contributed by atoms with Gasteiger partial charge in [0, 0.05) is 5.02 Å². The molecule has 1 amide bonds. The lowest BCUT2D eigenvalue weighted by Gasteiger charge is -2.19. The standard InChI is InChI=1S/C27H18ClN3O3/c28-18-7-10-20-22(14-18)29-25-23(11-15-5-8-19(32)9-6-15)30-26(33)21-12-16-3-1-2-4-17(16)13-24(21)31(25)27(20)34/h1-10,12-14,23,32H,11H2,(H,30,33). The molecule has 6 rings (SSSR count). The summed E-state index contributed by atoms with van der Waals surface area (Å²) in [7, 11) is 0. The molecule has 166 valence electrons. The van der Waals surface area contributed by atoms with Gasteiger partial charge in [-0.3, -0.25) is 14.2 Å². The number of carbonyl (C=O) groups is 1. The molecule has 0 fully saturated rings. The first-order valence-corrected chi connectivity index (χ1v) is 11.2. The third kappa shape index (κ3) is 3.31. The average Bonchev–Trinajstić information content (AvgIpc) is 2.94. The Morgan fingerprint density at radius 3 is 2.44 bits per heavy atom. The Kier molecular flexibility index (Phi) is 4.64. The number of hydrogen-bond donors (Lipinski definition) is 2. The summed E-state index contributed by atoms with van der Waals surface area (Å²) in [5, 5.41) is 15.4. The van der Waals surface area contributed by atoms with E-state index in [0.29, 0.717) is 39.4 Å². The molecule has 2 heterocycles. The van der Waals surface area contributed by atoms with Crippen molar-refractivity contribution in [1.82, 2.24) is 14.9 Å². The number of benzene rings is 4. The minimum atomic E-state index is -0.580. The van der Waals surface area contributed by atoms with Crippen LogP contribution < -0.4 is 10.9 Å². The summed E-state index contributed by atoms with van der Waals surface area (Å²) in [6, 6.07) is 22.6. The summed E-state index contributed by atoms with van der Waals surface area (Å²) < 4.78 is 1.54. The lowest BCUT2D eigenvalue weighted by atomic mass is 10.0. The first-order chi connectivity index (χ1) is 16.5. The number of carbonyl (C=O) groups excluding carboxylic acids is 1. The zero-order valence-electron chi connectivity index (χ0n) is 17.8. The molecule has 34 heavy (non-hydrogen) atoms. The molecule has 1 atom stereocenters. The van der Waals surface area contributed by atoms with Crippen molar-refractivity contribution in [2.75, 3.05) is 0 Å². The molecule has 1 aliphatic rings. The van der Waals surface area contributed by atoms with Crippen LogP contribution in [0.25, 0.3) is 27.4 Å². The minimum Gasteiger partial charge on any atom is -0.508 e. The van der Waals surface area contributed by atoms with E-state index in [2.05, 4.69) is 5.32 Å². The summed E-state index contributed by atoms with van der Waals surface area (Å²) in [6.45, 7) is 0. The van der Waals surface area contributed by atoms with Crippen molar-refractivity contribution < 1.29 is 9.90 Å². The van der Waals surface area contributed by atoms with E-state index in [4.69, 9.17) is 16.6 Å². The quantitative estimate of drug-likeness (QED) is 0.386. The third-order valence-electron chi connectivity index (χ3n) is 6.20. The Labute approximate surface area is 199 Å². The summed E-state index contributed by atoms with van der Waals surface area (Å²) in [6.07, 6.45) is 0.387. The van der Waals surface area contributed by atoms with E-state index in [9.17, 15) is 14.7 Å². The van der Waals surface area contributed by atoms with E-state index in [1.54, 1.807) is 47.0 Å². The van der Waals surface area contributed by atoms with E-state index < -0.39 is 6.04 Å². The molecule has 7 heteroatoms. The van der Waals surface area contributed by atoms with Crippen LogP contribution in [0.5, 0.6) is 5.75 Å². The number of rotatable bonds is 2. The maximum Gasteiger partial charge on any atom is 0.266 e. The molecule has 0 aliphatic carbocycles. The van der Waals surface area contributed by atoms with Crippen LogP contribution in [0, 0.1) is 0 Å². The molecular weight excluding hydrogens is 450 g/mol. The lowest BCUT2D eigenvalue weighted by Crippen LogP contribution is -2.31. The molecule has 6 nitrogen and oxygen atoms in total. The fourth-order valence-corrected chi connectivity index (χ4v) is 4.71. The first kappa shape index (κ1) is 20.4. The van der Waals surface area contributed by atoms with Crippen molar-refractivity contribution >= 4 is 39.2 Å². The molecule has 1 aliphatic heterocycles. The van der Waals surface area contributed by atoms with Crippen LogP contribution in [-0.2, 0) is 6.42 Å². The second kappa shape index (κ2) is 7.71. The van der Waals surface area contributed by atoms with E-state index in [0.717, 1.165) is 16.3 Å². The first-order valence-electron chi connectivity index (χ1n) is 10.8. The van der Waals surface area contributed by atoms with Gasteiger partial charge in [-0.05, 0) is 65.2 Å². The topological polar surface area (TPSA) is 84.2 Å². The largest absolute Gasteiger partial charge is 0.508 e. The lowest BCUT2D eigenvalue weighted by molar-refractivity contribution is 0.0938. The molecule has 1 unspecified atom stereocenters. The normalized spacial score (nSPS) is 15.0. The van der Waals surface area contributed by atoms with Gasteiger partial charge >= 0.3 is 0 Å². The Morgan fingerprint density at radius 1 is 0.941 bits per heavy atom. The van der Waals surface area contributed by atoms with E-state index in [1.165, 1.54) is 0 Å². The zero-order valence-corrected chi connectivity index (χ0v) is 18.6. The molecule has 0 saturated heterocycles. The minimum absolute atomic E-state index is 0.156. The number of phenolic OH excluding ortho intramolecular Hbond substituents is 1. The highest BCUT2D eigenvalue weighted by atomic mass is 35.5. The van der Waals surface area contributed by atoms with Gasteiger partial charge in [0.1, 0.15) is 11.6 Å². The number of hydrogen-bond acceptors (Lipinski definition) is 4. The van der Waals surface area contributed by atoms with E-state index in [1.807, 2.05) is 36.4 Å². The number of nitrogens with one attached hydrogen (secondary N) is 1. The van der Waals surface area contributed by atoms with E-state index in [-0.39, 0.29) is 17.2 Å². The predicted octanol–water partition coefficient (Wildman–Crippen LogP) is 4.93. The molecule has 0 bridgehead atoms. The molecule has 2 N–H and O–H groups in total. The summed E-state index contributed by atoms with van der Waals surface area (Å²) >= 11 is 6.19. The predicted molar refractivity (Wildman–Crippen MR) is 132 cm³/mol. The smallest absolute Gasteiger partial charge is 0.266 e. The second-order valence-electron chi connectivity index (χ2n) is 8.39. The monoisotopic (exact) mass is 467 g/mol. The number of aromatic hydroxyl groups is 1. The van der Waals surface area contributed by atoms with Crippen molar-refractivity contribution in [3.8, 4) is 11.4 Å². The fraction of sp³-hybridized carbons (Fsp3) is 0.0741. The number of halogens is 1. The van der Waals surface area contributed by atoms with Gasteiger partial charge in [0.2, 0.25) is 0 Å². The van der Waals surface area contributed by atoms with Crippen LogP contribution >= 0.6 is 11.6 Å². The summed E-state index contributed by atoms with van der Waals surface area (Å²) in [5.41, 5.74) is 1.99. The van der Waals surface area contributed by atoms with Gasteiger partial charge in [0.15, 0.2) is 0 Å². The number of amides is 1. The number of fused-ring (bicyclic) bond motifs is 5. The Bertz CT molecular complexity index is 1680. The van der Waals surface area contributed by atoms with Gasteiger partial charge in [0.25, 0.3) is 11.5 Å². The van der Waals surface area contributed by atoms with Crippen LogP contribution in [0.3, 0.4) is 0 Å². The van der Waals surface area contributed by atoms with Crippen LogP contribution in [-0.4, -0.2) is 20.6 Å². The van der Waals surface area contributed by atoms with Crippen molar-refractivity contribution in [3.63, 3.8) is 0 Å². The highest BCUT2D eigenvalue weighted by Crippen LogP contribution is 2.30. The van der Waals surface area contributed by atoms with Crippen LogP contribution in [0.15, 0.2) is 83.7 Å². The summed E-state index contributed by atoms with van der Waals surface area (Å²) in [5.74, 6) is 0.301. The van der Waals surface area contributed by atoms with E-state index >= 15 is 0 Å². The Balaban J connectivity index is 1.66. The second-order valence-corrected chi connectivity index (χ2v) is 8.82. The molecular formula is C27H18ClN3O3. The highest BCUT2D eigenvalue weighted by Gasteiger charge is 2.30. The van der Waals surface area contributed by atoms with Crippen LogP contribution in [0.4, 0.5) is 0 Å². The molecule has 0 saturated carbocycles. The Morgan fingerprint density at radius 2 is 1.68 bits per heavy atom. The molecule has 4 aromatic carbocycles. The number of nitrogens with zero attached hydrogens (tertiary/aromatic N) is 2. The molecule has 1 aromatic heterocycles. The van der Waals surface area contributed by atoms with Gasteiger partial charge in [-0.15, -0.1) is 0 Å². The van der Waals surface area contributed by atoms with Crippen molar-refractivity contribution in [2.24, 2.45) is 0 Å². The highest BCUT2D eigenvalue weighted by molar-refractivity contribution is 6.31. The number of phenols is 1. The number of aromatic nitrogens is 2. The maximum atomic E-state index is 13.8. The molecule has 5 aromatic rings. The van der Waals surface area contributed by atoms with Crippen LogP contribution in [0.1, 0.15) is 27.8 Å². The summed E-state index contributed by atoms with van der Waals surface area (Å²) in [4.78, 5) is 32.0. The molecule has 0 spiro atoms. The maximum absolute atomic E-state index is 13.8. The van der Waals surface area contributed by atoms with Gasteiger partial charge in [-0.1, -0.05) is 48.0 Å². The zero-order chi connectivity index (χ0) is 23.4. The third-order valence-corrected chi connectivity index (χ3v) is 6.44. The van der Waals surface area contributed by atoms with Gasteiger partial charge in [-0.2, -0.15) is 0 Å². The fourth-order valence-electron chi connectivity index (χ4n) is 4.55. The van der Waals surface area contributed by atoms with Gasteiger partial charge in [-0.25, -0.2) is 4.98 Å². The Hall–Kier alpha value is -4.16. The molecule has 0 radical (unpaired) electrons. The van der Waals surface area contributed by atoms with Gasteiger partial charge < -0.3 is 10.4 Å². The van der Waals surface area contributed by atoms with Crippen molar-refractivity contribution in [2.45, 2.75) is 12.5 Å². The average molecular weight is 468 g/mol. The van der Waals surface area contributed by atoms with Crippen molar-refractivity contribution in [3.05, 3.63) is 111 Å². The van der Waals surface area contributed by atoms with Crippen LogP contribution in [0.2, 0.25) is 5.02 Å². The SMILES string of the molecule is O=C1NC(Cc2ccc(O)cc2)c2nc3cc(Cl)ccc3c(=O)n2-c2cc3ccccc3cc21.